The highest BCUT2D eigenvalue weighted by Gasteiger charge is 2.40. The van der Waals surface area contributed by atoms with E-state index in [9.17, 15) is 4.79 Å². The van der Waals surface area contributed by atoms with E-state index in [0.29, 0.717) is 37.3 Å². The first-order chi connectivity index (χ1) is 11.7. The third kappa shape index (κ3) is 2.63. The Labute approximate surface area is 140 Å². The quantitative estimate of drug-likeness (QED) is 0.913. The Kier molecular flexibility index (Phi) is 3.90. The molecule has 0 aliphatic carbocycles. The zero-order valence-electron chi connectivity index (χ0n) is 14.0. The van der Waals surface area contributed by atoms with Gasteiger partial charge in [-0.05, 0) is 32.2 Å². The fourth-order valence-electron chi connectivity index (χ4n) is 3.53. The molecular weight excluding hydrogens is 308 g/mol. The van der Waals surface area contributed by atoms with Crippen molar-refractivity contribution in [3.8, 4) is 6.01 Å². The molecule has 4 rings (SSSR count). The summed E-state index contributed by atoms with van der Waals surface area (Å²) in [5.41, 5.74) is 2.28. The van der Waals surface area contributed by atoms with E-state index in [1.54, 1.807) is 0 Å². The number of aromatic nitrogens is 2. The molecule has 2 aliphatic heterocycles. The zero-order valence-corrected chi connectivity index (χ0v) is 14.0. The highest BCUT2D eigenvalue weighted by atomic mass is 16.5. The average molecular weight is 330 g/mol. The Morgan fingerprint density at radius 3 is 3.12 bits per heavy atom. The van der Waals surface area contributed by atoms with Gasteiger partial charge in [-0.15, -0.1) is 0 Å². The summed E-state index contributed by atoms with van der Waals surface area (Å²) in [6, 6.07) is 6.31. The van der Waals surface area contributed by atoms with Gasteiger partial charge in [0.1, 0.15) is 0 Å². The van der Waals surface area contributed by atoms with E-state index in [4.69, 9.17) is 9.47 Å². The molecule has 2 aromatic rings. The Hall–Kier alpha value is -2.12. The molecular formula is C17H22N4O3. The lowest BCUT2D eigenvalue weighted by molar-refractivity contribution is -0.0368. The summed E-state index contributed by atoms with van der Waals surface area (Å²) >= 11 is 0. The number of likely N-dealkylation sites (N-methyl/N-ethyl adjacent to an activating group) is 1. The Morgan fingerprint density at radius 1 is 1.46 bits per heavy atom. The summed E-state index contributed by atoms with van der Waals surface area (Å²) in [6.07, 6.45) is 0.119. The van der Waals surface area contributed by atoms with Crippen molar-refractivity contribution in [2.45, 2.75) is 19.1 Å². The van der Waals surface area contributed by atoms with Crippen LogP contribution >= 0.6 is 0 Å². The van der Waals surface area contributed by atoms with Gasteiger partial charge in [-0.1, -0.05) is 0 Å². The Bertz CT molecular complexity index is 759. The second-order valence-corrected chi connectivity index (χ2v) is 6.37. The van der Waals surface area contributed by atoms with Crippen molar-refractivity contribution in [2.24, 2.45) is 0 Å². The molecule has 0 spiro atoms. The minimum atomic E-state index is 0.0378. The van der Waals surface area contributed by atoms with Crippen LogP contribution in [0.4, 0.5) is 0 Å². The molecule has 128 valence electrons. The van der Waals surface area contributed by atoms with Crippen molar-refractivity contribution in [1.29, 1.82) is 0 Å². The lowest BCUT2D eigenvalue weighted by atomic mass is 10.1. The second kappa shape index (κ2) is 6.07. The van der Waals surface area contributed by atoms with Gasteiger partial charge in [0, 0.05) is 25.2 Å². The standard InChI is InChI=1S/C17H22N4O3/c1-3-23-17-18-12-5-4-11(8-13(12)19-17)16(22)21-9-14-15(10-21)24-7-6-20(14)2/h4-5,8,14-15H,3,6-7,9-10H2,1-2H3,(H,18,19)/t14-,15+/m0/s1. The lowest BCUT2D eigenvalue weighted by Crippen LogP contribution is -2.48. The largest absolute Gasteiger partial charge is 0.465 e. The maximum Gasteiger partial charge on any atom is 0.294 e. The smallest absolute Gasteiger partial charge is 0.294 e. The van der Waals surface area contributed by atoms with Crippen molar-refractivity contribution >= 4 is 16.9 Å². The summed E-state index contributed by atoms with van der Waals surface area (Å²) < 4.78 is 11.2. The number of fused-ring (bicyclic) bond motifs is 2. The summed E-state index contributed by atoms with van der Waals surface area (Å²) in [7, 11) is 2.10. The number of hydrogen-bond acceptors (Lipinski definition) is 5. The molecule has 2 fully saturated rings. The van der Waals surface area contributed by atoms with Gasteiger partial charge >= 0.3 is 0 Å². The minimum absolute atomic E-state index is 0.0378. The van der Waals surface area contributed by atoms with Crippen LogP contribution < -0.4 is 4.74 Å². The number of benzene rings is 1. The highest BCUT2D eigenvalue weighted by molar-refractivity contribution is 5.97. The molecule has 1 N–H and O–H groups in total. The van der Waals surface area contributed by atoms with Crippen LogP contribution in [0.15, 0.2) is 18.2 Å². The third-order valence-electron chi connectivity index (χ3n) is 4.85. The van der Waals surface area contributed by atoms with E-state index in [1.807, 2.05) is 30.0 Å². The lowest BCUT2D eigenvalue weighted by Gasteiger charge is -2.33. The number of hydrogen-bond donors (Lipinski definition) is 1. The van der Waals surface area contributed by atoms with Crippen LogP contribution in [0.5, 0.6) is 6.01 Å². The van der Waals surface area contributed by atoms with Gasteiger partial charge in [-0.25, -0.2) is 0 Å². The number of nitrogens with one attached hydrogen (secondary N) is 1. The molecule has 1 aromatic carbocycles. The Balaban J connectivity index is 1.55. The molecule has 7 heteroatoms. The predicted octanol–water partition coefficient (Wildman–Crippen LogP) is 1.12. The van der Waals surface area contributed by atoms with Gasteiger partial charge in [0.05, 0.1) is 36.4 Å². The van der Waals surface area contributed by atoms with Gasteiger partial charge < -0.3 is 19.4 Å². The summed E-state index contributed by atoms with van der Waals surface area (Å²) in [6.45, 7) is 5.48. The van der Waals surface area contributed by atoms with Crippen LogP contribution in [0.3, 0.4) is 0 Å². The van der Waals surface area contributed by atoms with Gasteiger partial charge in [-0.2, -0.15) is 4.98 Å². The van der Waals surface area contributed by atoms with Gasteiger partial charge in [0.2, 0.25) is 0 Å². The average Bonchev–Trinajstić information content (AvgIpc) is 3.18. The van der Waals surface area contributed by atoms with E-state index >= 15 is 0 Å². The number of nitrogens with zero attached hydrogens (tertiary/aromatic N) is 3. The van der Waals surface area contributed by atoms with E-state index < -0.39 is 0 Å². The van der Waals surface area contributed by atoms with Crippen LogP contribution in [-0.4, -0.2) is 77.7 Å². The van der Waals surface area contributed by atoms with Crippen molar-refractivity contribution in [3.63, 3.8) is 0 Å². The molecule has 24 heavy (non-hydrogen) atoms. The van der Waals surface area contributed by atoms with E-state index in [0.717, 1.165) is 24.2 Å². The number of imidazole rings is 1. The molecule has 2 atom stereocenters. The molecule has 2 aliphatic rings. The van der Waals surface area contributed by atoms with Crippen molar-refractivity contribution in [3.05, 3.63) is 23.8 Å². The topological polar surface area (TPSA) is 70.7 Å². The van der Waals surface area contributed by atoms with Gasteiger partial charge in [-0.3, -0.25) is 9.69 Å². The molecule has 0 unspecified atom stereocenters. The monoisotopic (exact) mass is 330 g/mol. The highest BCUT2D eigenvalue weighted by Crippen LogP contribution is 2.24. The molecule has 1 aromatic heterocycles. The minimum Gasteiger partial charge on any atom is -0.465 e. The summed E-state index contributed by atoms with van der Waals surface area (Å²) in [5.74, 6) is 0.0378. The van der Waals surface area contributed by atoms with Gasteiger partial charge in [0.15, 0.2) is 0 Å². The third-order valence-corrected chi connectivity index (χ3v) is 4.85. The van der Waals surface area contributed by atoms with Crippen LogP contribution in [0.2, 0.25) is 0 Å². The molecule has 0 bridgehead atoms. The van der Waals surface area contributed by atoms with Crippen molar-refractivity contribution in [2.75, 3.05) is 39.9 Å². The molecule has 1 amide bonds. The van der Waals surface area contributed by atoms with Crippen LogP contribution in [-0.2, 0) is 4.74 Å². The number of morpholine rings is 1. The molecule has 3 heterocycles. The summed E-state index contributed by atoms with van der Waals surface area (Å²) in [4.78, 5) is 24.5. The number of carbonyl (C=O) groups is 1. The van der Waals surface area contributed by atoms with E-state index in [-0.39, 0.29) is 12.0 Å². The number of ether oxygens (including phenoxy) is 2. The summed E-state index contributed by atoms with van der Waals surface area (Å²) in [5, 5.41) is 0. The SMILES string of the molecule is CCOc1nc2ccc(C(=O)N3C[C@H]4OCCN(C)[C@H]4C3)cc2[nH]1. The van der Waals surface area contributed by atoms with Gasteiger partial charge in [0.25, 0.3) is 11.9 Å². The normalized spacial score (nSPS) is 24.3. The number of carbonyl (C=O) groups excluding carboxylic acids is 1. The predicted molar refractivity (Wildman–Crippen MR) is 89.3 cm³/mol. The number of amides is 1. The van der Waals surface area contributed by atoms with Crippen LogP contribution in [0.1, 0.15) is 17.3 Å². The first-order valence-corrected chi connectivity index (χ1v) is 8.39. The number of H-pyrrole nitrogens is 1. The number of likely N-dealkylation sites (tertiary alicyclic amines) is 1. The number of aromatic amines is 1. The van der Waals surface area contributed by atoms with Crippen LogP contribution in [0.25, 0.3) is 11.0 Å². The fourth-order valence-corrected chi connectivity index (χ4v) is 3.53. The first kappa shape index (κ1) is 15.4. The Morgan fingerprint density at radius 2 is 2.33 bits per heavy atom. The zero-order chi connectivity index (χ0) is 16.7. The van der Waals surface area contributed by atoms with Crippen LogP contribution in [0, 0.1) is 0 Å². The molecule has 0 saturated carbocycles. The molecule has 0 radical (unpaired) electrons. The van der Waals surface area contributed by atoms with E-state index in [2.05, 4.69) is 21.9 Å². The van der Waals surface area contributed by atoms with E-state index in [1.165, 1.54) is 0 Å². The maximum atomic E-state index is 12.9. The van der Waals surface area contributed by atoms with Crippen molar-refractivity contribution in [1.82, 2.24) is 19.8 Å². The molecule has 2 saturated heterocycles. The fraction of sp³-hybridized carbons (Fsp3) is 0.529. The molecule has 7 nitrogen and oxygen atoms in total. The van der Waals surface area contributed by atoms with Crippen molar-refractivity contribution < 1.29 is 14.3 Å². The first-order valence-electron chi connectivity index (χ1n) is 8.39. The number of rotatable bonds is 3. The maximum absolute atomic E-state index is 12.9. The second-order valence-electron chi connectivity index (χ2n) is 6.37.